The van der Waals surface area contributed by atoms with Gasteiger partial charge in [0.25, 0.3) is 0 Å². The highest BCUT2D eigenvalue weighted by Gasteiger charge is 2.21. The first kappa shape index (κ1) is 9.96. The van der Waals surface area contributed by atoms with Crippen LogP contribution in [0.1, 0.15) is 40.5 Å². The van der Waals surface area contributed by atoms with Gasteiger partial charge in [0, 0.05) is 6.61 Å². The molecular formula is C9H20O. The SMILES string of the molecule is CC[C@@H](CCO)C(C)(C)C. The molecule has 0 saturated heterocycles. The van der Waals surface area contributed by atoms with E-state index in [-0.39, 0.29) is 0 Å². The molecule has 0 rings (SSSR count). The van der Waals surface area contributed by atoms with E-state index < -0.39 is 0 Å². The van der Waals surface area contributed by atoms with Crippen LogP contribution < -0.4 is 0 Å². The van der Waals surface area contributed by atoms with Gasteiger partial charge in [0.1, 0.15) is 0 Å². The highest BCUT2D eigenvalue weighted by molar-refractivity contribution is 4.71. The standard InChI is InChI=1S/C9H20O/c1-5-8(6-7-10)9(2,3)4/h8,10H,5-7H2,1-4H3/t8-/m0/s1. The molecule has 0 aliphatic carbocycles. The average Bonchev–Trinajstić information content (AvgIpc) is 1.80. The van der Waals surface area contributed by atoms with Crippen LogP contribution in [0.15, 0.2) is 0 Å². The van der Waals surface area contributed by atoms with Crippen LogP contribution in [0.2, 0.25) is 0 Å². The zero-order chi connectivity index (χ0) is 8.20. The largest absolute Gasteiger partial charge is 0.396 e. The lowest BCUT2D eigenvalue weighted by Crippen LogP contribution is -2.20. The van der Waals surface area contributed by atoms with Crippen molar-refractivity contribution in [2.75, 3.05) is 6.61 Å². The second kappa shape index (κ2) is 3.97. The molecule has 1 N–H and O–H groups in total. The van der Waals surface area contributed by atoms with Crippen molar-refractivity contribution in [3.8, 4) is 0 Å². The lowest BCUT2D eigenvalue weighted by molar-refractivity contribution is 0.169. The second-order valence-corrected chi connectivity index (χ2v) is 3.98. The molecule has 0 bridgehead atoms. The number of rotatable bonds is 3. The normalized spacial score (nSPS) is 15.3. The Kier molecular flexibility index (Phi) is 3.95. The van der Waals surface area contributed by atoms with E-state index in [9.17, 15) is 0 Å². The van der Waals surface area contributed by atoms with Gasteiger partial charge in [-0.3, -0.25) is 0 Å². The Balaban J connectivity index is 3.81. The van der Waals surface area contributed by atoms with Crippen LogP contribution >= 0.6 is 0 Å². The lowest BCUT2D eigenvalue weighted by atomic mass is 9.77. The molecular weight excluding hydrogens is 124 g/mol. The van der Waals surface area contributed by atoms with Crippen LogP contribution in [0, 0.1) is 11.3 Å². The first-order valence-electron chi connectivity index (χ1n) is 4.13. The predicted octanol–water partition coefficient (Wildman–Crippen LogP) is 2.44. The fourth-order valence-corrected chi connectivity index (χ4v) is 1.41. The summed E-state index contributed by atoms with van der Waals surface area (Å²) in [5, 5.41) is 8.73. The highest BCUT2D eigenvalue weighted by atomic mass is 16.3. The minimum atomic E-state index is 0.329. The third kappa shape index (κ3) is 3.21. The summed E-state index contributed by atoms with van der Waals surface area (Å²) < 4.78 is 0. The van der Waals surface area contributed by atoms with Crippen molar-refractivity contribution in [1.29, 1.82) is 0 Å². The van der Waals surface area contributed by atoms with E-state index >= 15 is 0 Å². The van der Waals surface area contributed by atoms with E-state index in [0.717, 1.165) is 6.42 Å². The minimum Gasteiger partial charge on any atom is -0.396 e. The van der Waals surface area contributed by atoms with Gasteiger partial charge in [-0.1, -0.05) is 34.1 Å². The molecule has 0 heterocycles. The Morgan fingerprint density at radius 2 is 1.80 bits per heavy atom. The van der Waals surface area contributed by atoms with E-state index in [0.29, 0.717) is 17.9 Å². The van der Waals surface area contributed by atoms with Crippen molar-refractivity contribution in [3.05, 3.63) is 0 Å². The molecule has 0 fully saturated rings. The van der Waals surface area contributed by atoms with Crippen molar-refractivity contribution >= 4 is 0 Å². The van der Waals surface area contributed by atoms with E-state index in [1.165, 1.54) is 6.42 Å². The van der Waals surface area contributed by atoms with E-state index in [1.54, 1.807) is 0 Å². The molecule has 62 valence electrons. The van der Waals surface area contributed by atoms with Gasteiger partial charge in [-0.15, -0.1) is 0 Å². The van der Waals surface area contributed by atoms with Crippen LogP contribution in [-0.4, -0.2) is 11.7 Å². The van der Waals surface area contributed by atoms with E-state index in [2.05, 4.69) is 27.7 Å². The Bertz CT molecular complexity index is 81.2. The molecule has 1 heteroatoms. The van der Waals surface area contributed by atoms with Gasteiger partial charge in [0.05, 0.1) is 0 Å². The maximum absolute atomic E-state index is 8.73. The van der Waals surface area contributed by atoms with Gasteiger partial charge in [-0.05, 0) is 17.8 Å². The van der Waals surface area contributed by atoms with Gasteiger partial charge < -0.3 is 5.11 Å². The van der Waals surface area contributed by atoms with E-state index in [1.807, 2.05) is 0 Å². The average molecular weight is 144 g/mol. The zero-order valence-electron chi connectivity index (χ0n) is 7.65. The summed E-state index contributed by atoms with van der Waals surface area (Å²) in [7, 11) is 0. The Hall–Kier alpha value is -0.0400. The molecule has 0 saturated carbocycles. The topological polar surface area (TPSA) is 20.2 Å². The van der Waals surface area contributed by atoms with Crippen molar-refractivity contribution in [3.63, 3.8) is 0 Å². The fraction of sp³-hybridized carbons (Fsp3) is 1.00. The van der Waals surface area contributed by atoms with Gasteiger partial charge in [0.15, 0.2) is 0 Å². The fourth-order valence-electron chi connectivity index (χ4n) is 1.41. The summed E-state index contributed by atoms with van der Waals surface area (Å²) in [6.45, 7) is 9.21. The van der Waals surface area contributed by atoms with Crippen LogP contribution in [-0.2, 0) is 0 Å². The second-order valence-electron chi connectivity index (χ2n) is 3.98. The molecule has 0 aliphatic heterocycles. The highest BCUT2D eigenvalue weighted by Crippen LogP contribution is 2.30. The Morgan fingerprint density at radius 3 is 1.90 bits per heavy atom. The van der Waals surface area contributed by atoms with E-state index in [4.69, 9.17) is 5.11 Å². The molecule has 0 spiro atoms. The summed E-state index contributed by atoms with van der Waals surface area (Å²) >= 11 is 0. The number of aliphatic hydroxyl groups excluding tert-OH is 1. The molecule has 0 aliphatic rings. The summed E-state index contributed by atoms with van der Waals surface area (Å²) in [6.07, 6.45) is 2.12. The number of hydrogen-bond donors (Lipinski definition) is 1. The minimum absolute atomic E-state index is 0.329. The molecule has 0 aromatic heterocycles. The summed E-state index contributed by atoms with van der Waals surface area (Å²) in [6, 6.07) is 0. The summed E-state index contributed by atoms with van der Waals surface area (Å²) in [5.74, 6) is 0.664. The van der Waals surface area contributed by atoms with Crippen molar-refractivity contribution in [2.45, 2.75) is 40.5 Å². The monoisotopic (exact) mass is 144 g/mol. The molecule has 10 heavy (non-hydrogen) atoms. The molecule has 0 radical (unpaired) electrons. The third-order valence-electron chi connectivity index (χ3n) is 2.20. The van der Waals surface area contributed by atoms with Gasteiger partial charge >= 0.3 is 0 Å². The van der Waals surface area contributed by atoms with Crippen LogP contribution in [0.5, 0.6) is 0 Å². The molecule has 1 nitrogen and oxygen atoms in total. The molecule has 0 amide bonds. The van der Waals surface area contributed by atoms with Gasteiger partial charge in [0.2, 0.25) is 0 Å². The number of aliphatic hydroxyl groups is 1. The van der Waals surface area contributed by atoms with Gasteiger partial charge in [-0.25, -0.2) is 0 Å². The Labute approximate surface area is 64.5 Å². The maximum Gasteiger partial charge on any atom is 0.0433 e. The third-order valence-corrected chi connectivity index (χ3v) is 2.20. The summed E-state index contributed by atoms with van der Waals surface area (Å²) in [5.41, 5.74) is 0.359. The van der Waals surface area contributed by atoms with Crippen molar-refractivity contribution in [1.82, 2.24) is 0 Å². The van der Waals surface area contributed by atoms with Crippen LogP contribution in [0.25, 0.3) is 0 Å². The maximum atomic E-state index is 8.73. The quantitative estimate of drug-likeness (QED) is 0.645. The Morgan fingerprint density at radius 1 is 1.30 bits per heavy atom. The van der Waals surface area contributed by atoms with Crippen molar-refractivity contribution in [2.24, 2.45) is 11.3 Å². The lowest BCUT2D eigenvalue weighted by Gasteiger charge is -2.29. The van der Waals surface area contributed by atoms with Crippen LogP contribution in [0.3, 0.4) is 0 Å². The summed E-state index contributed by atoms with van der Waals surface area (Å²) in [4.78, 5) is 0. The molecule has 0 aromatic carbocycles. The molecule has 1 atom stereocenters. The smallest absolute Gasteiger partial charge is 0.0433 e. The zero-order valence-corrected chi connectivity index (χ0v) is 7.65. The first-order valence-corrected chi connectivity index (χ1v) is 4.13. The van der Waals surface area contributed by atoms with Gasteiger partial charge in [-0.2, -0.15) is 0 Å². The number of hydrogen-bond acceptors (Lipinski definition) is 1. The van der Waals surface area contributed by atoms with Crippen LogP contribution in [0.4, 0.5) is 0 Å². The van der Waals surface area contributed by atoms with Crippen molar-refractivity contribution < 1.29 is 5.11 Å². The molecule has 0 aromatic rings. The first-order chi connectivity index (χ1) is 4.52. The molecule has 0 unspecified atom stereocenters. The predicted molar refractivity (Wildman–Crippen MR) is 44.9 cm³/mol.